The van der Waals surface area contributed by atoms with Gasteiger partial charge in [0.15, 0.2) is 5.65 Å². The lowest BCUT2D eigenvalue weighted by Gasteiger charge is -2.61. The van der Waals surface area contributed by atoms with E-state index in [9.17, 15) is 0 Å². The molecule has 0 amide bonds. The number of likely N-dealkylation sites (tertiary alicyclic amines) is 2. The number of nitrogens with two attached hydrogens (primary N) is 1. The zero-order valence-electron chi connectivity index (χ0n) is 21.3. The lowest BCUT2D eigenvalue weighted by molar-refractivity contribution is -0.116. The number of piperidine rings is 1. The molecule has 3 fully saturated rings. The number of rotatable bonds is 5. The zero-order chi connectivity index (χ0) is 25.0. The number of aromatic nitrogens is 4. The van der Waals surface area contributed by atoms with Gasteiger partial charge in [-0.15, -0.1) is 0 Å². The van der Waals surface area contributed by atoms with Crippen LogP contribution in [-0.2, 0) is 0 Å². The van der Waals surface area contributed by atoms with Crippen LogP contribution in [0.25, 0.3) is 22.3 Å². The van der Waals surface area contributed by atoms with Crippen molar-refractivity contribution in [2.45, 2.75) is 37.8 Å². The quantitative estimate of drug-likeness (QED) is 0.433. The second kappa shape index (κ2) is 8.82. The number of hydrogen-bond donors (Lipinski definition) is 1. The van der Waals surface area contributed by atoms with Crippen molar-refractivity contribution in [1.29, 1.82) is 0 Å². The third-order valence-corrected chi connectivity index (χ3v) is 8.59. The van der Waals surface area contributed by atoms with E-state index in [0.717, 1.165) is 52.7 Å². The Balaban J connectivity index is 1.09. The third kappa shape index (κ3) is 4.04. The molecule has 0 unspecified atom stereocenters. The molecule has 8 nitrogen and oxygen atoms in total. The van der Waals surface area contributed by atoms with Gasteiger partial charge >= 0.3 is 0 Å². The topological polar surface area (TPSA) is 85.3 Å². The largest absolute Gasteiger partial charge is 0.457 e. The fourth-order valence-corrected chi connectivity index (χ4v) is 6.56. The molecule has 2 aliphatic heterocycles. The van der Waals surface area contributed by atoms with Gasteiger partial charge in [0.1, 0.15) is 29.3 Å². The average Bonchev–Trinajstić information content (AvgIpc) is 3.25. The Hall–Kier alpha value is -3.49. The van der Waals surface area contributed by atoms with Crippen LogP contribution in [-0.4, -0.2) is 68.8 Å². The highest BCUT2D eigenvalue weighted by Gasteiger charge is 2.54. The van der Waals surface area contributed by atoms with Crippen LogP contribution >= 0.6 is 0 Å². The first-order chi connectivity index (χ1) is 18.1. The van der Waals surface area contributed by atoms with Gasteiger partial charge in [-0.3, -0.25) is 4.90 Å². The highest BCUT2D eigenvalue weighted by Crippen LogP contribution is 2.55. The van der Waals surface area contributed by atoms with E-state index in [4.69, 9.17) is 15.6 Å². The van der Waals surface area contributed by atoms with Crippen molar-refractivity contribution >= 4 is 16.9 Å². The van der Waals surface area contributed by atoms with Crippen molar-refractivity contribution in [3.8, 4) is 22.8 Å². The number of para-hydroxylation sites is 1. The van der Waals surface area contributed by atoms with Gasteiger partial charge in [0, 0.05) is 24.7 Å². The summed E-state index contributed by atoms with van der Waals surface area (Å²) in [6, 6.07) is 18.9. The summed E-state index contributed by atoms with van der Waals surface area (Å²) in [6.07, 6.45) is 6.46. The minimum absolute atomic E-state index is 0.353. The predicted octanol–water partition coefficient (Wildman–Crippen LogP) is 4.60. The summed E-state index contributed by atoms with van der Waals surface area (Å²) >= 11 is 0. The molecule has 0 bridgehead atoms. The van der Waals surface area contributed by atoms with E-state index >= 15 is 0 Å². The molecule has 1 spiro atoms. The lowest BCUT2D eigenvalue weighted by atomic mass is 9.60. The lowest BCUT2D eigenvalue weighted by Crippen LogP contribution is -2.65. The Morgan fingerprint density at radius 1 is 0.892 bits per heavy atom. The molecule has 4 aromatic rings. The normalized spacial score (nSPS) is 20.7. The molecule has 4 heterocycles. The van der Waals surface area contributed by atoms with Crippen molar-refractivity contribution in [3.05, 3.63) is 60.9 Å². The zero-order valence-corrected chi connectivity index (χ0v) is 21.3. The van der Waals surface area contributed by atoms with Gasteiger partial charge in [-0.2, -0.15) is 5.10 Å². The third-order valence-electron chi connectivity index (χ3n) is 8.59. The first kappa shape index (κ1) is 22.7. The molecule has 1 saturated carbocycles. The van der Waals surface area contributed by atoms with Gasteiger partial charge in [-0.25, -0.2) is 14.6 Å². The Kier molecular flexibility index (Phi) is 5.41. The monoisotopic (exact) mass is 495 g/mol. The number of nitrogens with zero attached hydrogens (tertiary/aromatic N) is 6. The molecular weight excluding hydrogens is 462 g/mol. The molecule has 2 aromatic carbocycles. The van der Waals surface area contributed by atoms with E-state index in [1.165, 1.54) is 39.0 Å². The smallest absolute Gasteiger partial charge is 0.164 e. The first-order valence-corrected chi connectivity index (χ1v) is 13.3. The number of ether oxygens (including phenoxy) is 1. The van der Waals surface area contributed by atoms with Crippen LogP contribution in [0.15, 0.2) is 60.9 Å². The molecule has 7 rings (SSSR count). The Morgan fingerprint density at radius 3 is 2.32 bits per heavy atom. The minimum atomic E-state index is 0.353. The molecule has 2 saturated heterocycles. The molecule has 1 aliphatic carbocycles. The van der Waals surface area contributed by atoms with Gasteiger partial charge < -0.3 is 15.4 Å². The molecule has 8 heteroatoms. The second-order valence-electron chi connectivity index (χ2n) is 11.2. The standard InChI is InChI=1S/C29H33N7O/c1-34-13-11-21(12-14-34)35-17-29(18-35)15-22(16-29)36-28-25(27(30)31-19-32-28)26(33-36)20-7-9-24(10-8-20)37-23-5-3-2-4-6-23/h2-10,19,21-22H,11-18H2,1H3,(H2,30,31,32). The van der Waals surface area contributed by atoms with Gasteiger partial charge in [0.25, 0.3) is 0 Å². The van der Waals surface area contributed by atoms with Gasteiger partial charge in [-0.1, -0.05) is 18.2 Å². The van der Waals surface area contributed by atoms with Crippen molar-refractivity contribution in [2.24, 2.45) is 5.41 Å². The molecule has 37 heavy (non-hydrogen) atoms. The number of anilines is 1. The minimum Gasteiger partial charge on any atom is -0.457 e. The maximum Gasteiger partial charge on any atom is 0.164 e. The number of hydrogen-bond acceptors (Lipinski definition) is 7. The van der Waals surface area contributed by atoms with Gasteiger partial charge in [-0.05, 0) is 87.6 Å². The van der Waals surface area contributed by atoms with E-state index in [2.05, 4.69) is 31.5 Å². The molecule has 0 atom stereocenters. The van der Waals surface area contributed by atoms with E-state index in [1.807, 2.05) is 54.6 Å². The maximum absolute atomic E-state index is 6.36. The Morgan fingerprint density at radius 2 is 1.59 bits per heavy atom. The molecule has 2 aromatic heterocycles. The van der Waals surface area contributed by atoms with Gasteiger partial charge in [0.05, 0.1) is 11.4 Å². The predicted molar refractivity (Wildman–Crippen MR) is 144 cm³/mol. The molecule has 190 valence electrons. The summed E-state index contributed by atoms with van der Waals surface area (Å²) < 4.78 is 8.08. The SMILES string of the molecule is CN1CCC(N2CC3(CC(n4nc(-c5ccc(Oc6ccccc6)cc5)c5c(N)ncnc54)C3)C2)CC1. The second-order valence-corrected chi connectivity index (χ2v) is 11.2. The average molecular weight is 496 g/mol. The van der Waals surface area contributed by atoms with Crippen LogP contribution in [0.4, 0.5) is 5.82 Å². The van der Waals surface area contributed by atoms with E-state index in [-0.39, 0.29) is 0 Å². The van der Waals surface area contributed by atoms with Gasteiger partial charge in [0.2, 0.25) is 0 Å². The van der Waals surface area contributed by atoms with Crippen LogP contribution in [0.5, 0.6) is 11.5 Å². The molecular formula is C29H33N7O. The summed E-state index contributed by atoms with van der Waals surface area (Å²) in [5.41, 5.74) is 9.46. The number of nitrogen functional groups attached to an aromatic ring is 1. The number of fused-ring (bicyclic) bond motifs is 1. The summed E-state index contributed by atoms with van der Waals surface area (Å²) in [5, 5.41) is 5.91. The van der Waals surface area contributed by atoms with E-state index in [0.29, 0.717) is 17.3 Å². The highest BCUT2D eigenvalue weighted by molar-refractivity contribution is 5.98. The maximum atomic E-state index is 6.36. The summed E-state index contributed by atoms with van der Waals surface area (Å²) in [7, 11) is 2.23. The Labute approximate surface area is 217 Å². The molecule has 0 radical (unpaired) electrons. The van der Waals surface area contributed by atoms with Crippen LogP contribution in [0.1, 0.15) is 31.7 Å². The molecule has 3 aliphatic rings. The van der Waals surface area contributed by atoms with Crippen molar-refractivity contribution in [2.75, 3.05) is 39.0 Å². The van der Waals surface area contributed by atoms with E-state index < -0.39 is 0 Å². The fourth-order valence-electron chi connectivity index (χ4n) is 6.56. The van der Waals surface area contributed by atoms with Crippen LogP contribution in [0, 0.1) is 5.41 Å². The van der Waals surface area contributed by atoms with Crippen LogP contribution in [0.3, 0.4) is 0 Å². The summed E-state index contributed by atoms with van der Waals surface area (Å²) in [4.78, 5) is 14.1. The summed E-state index contributed by atoms with van der Waals surface area (Å²) in [6.45, 7) is 4.90. The summed E-state index contributed by atoms with van der Waals surface area (Å²) in [5.74, 6) is 2.07. The van der Waals surface area contributed by atoms with E-state index in [1.54, 1.807) is 6.33 Å². The first-order valence-electron chi connectivity index (χ1n) is 13.3. The van der Waals surface area contributed by atoms with Crippen molar-refractivity contribution in [1.82, 2.24) is 29.5 Å². The van der Waals surface area contributed by atoms with Crippen molar-refractivity contribution < 1.29 is 4.74 Å². The Bertz CT molecular complexity index is 1400. The molecule has 2 N–H and O–H groups in total. The van der Waals surface area contributed by atoms with Crippen LogP contribution in [0.2, 0.25) is 0 Å². The van der Waals surface area contributed by atoms with Crippen molar-refractivity contribution in [3.63, 3.8) is 0 Å². The van der Waals surface area contributed by atoms with Crippen LogP contribution < -0.4 is 10.5 Å². The fraction of sp³-hybridized carbons (Fsp3) is 0.414. The number of benzene rings is 2. The highest BCUT2D eigenvalue weighted by atomic mass is 16.5.